The van der Waals surface area contributed by atoms with Crippen LogP contribution in [-0.2, 0) is 11.2 Å². The van der Waals surface area contributed by atoms with Gasteiger partial charge in [-0.05, 0) is 18.9 Å². The van der Waals surface area contributed by atoms with E-state index < -0.39 is 23.1 Å². The quantitative estimate of drug-likeness (QED) is 0.833. The van der Waals surface area contributed by atoms with Crippen molar-refractivity contribution >= 4 is 5.91 Å². The molecule has 0 aliphatic rings. The summed E-state index contributed by atoms with van der Waals surface area (Å²) in [5.41, 5.74) is -0.940. The van der Waals surface area contributed by atoms with Gasteiger partial charge in [-0.15, -0.1) is 0 Å². The first-order valence-electron chi connectivity index (χ1n) is 6.34. The Morgan fingerprint density at radius 2 is 1.95 bits per heavy atom. The van der Waals surface area contributed by atoms with Crippen LogP contribution in [0.1, 0.15) is 32.3 Å². The van der Waals surface area contributed by atoms with Crippen LogP contribution in [0.4, 0.5) is 8.78 Å². The largest absolute Gasteiger partial charge is 0.388 e. The molecule has 0 spiro atoms. The minimum Gasteiger partial charge on any atom is -0.388 e. The van der Waals surface area contributed by atoms with Gasteiger partial charge in [0.05, 0.1) is 12.0 Å². The van der Waals surface area contributed by atoms with Crippen molar-refractivity contribution in [3.8, 4) is 0 Å². The van der Waals surface area contributed by atoms with Crippen LogP contribution < -0.4 is 5.32 Å². The van der Waals surface area contributed by atoms with E-state index in [9.17, 15) is 18.7 Å². The summed E-state index contributed by atoms with van der Waals surface area (Å²) in [7, 11) is 0. The molecule has 0 heterocycles. The number of carbonyl (C=O) groups is 1. The van der Waals surface area contributed by atoms with E-state index in [2.05, 4.69) is 5.32 Å². The Bertz CT molecular complexity index is 445. The van der Waals surface area contributed by atoms with Gasteiger partial charge < -0.3 is 10.4 Å². The highest BCUT2D eigenvalue weighted by atomic mass is 19.2. The number of amides is 1. The Balaban J connectivity index is 2.59. The lowest BCUT2D eigenvalue weighted by atomic mass is 9.97. The molecular weight excluding hydrogens is 252 g/mol. The van der Waals surface area contributed by atoms with Crippen molar-refractivity contribution in [1.29, 1.82) is 0 Å². The Morgan fingerprint density at radius 1 is 1.32 bits per heavy atom. The maximum Gasteiger partial charge on any atom is 0.224 e. The Kier molecular flexibility index (Phi) is 5.42. The standard InChI is InChI=1S/C14H19F2NO2/c1-3-14(19,4-2)9-17-12(18)8-10-6-5-7-11(15)13(10)16/h5-7,19H,3-4,8-9H2,1-2H3,(H,17,18). The smallest absolute Gasteiger partial charge is 0.224 e. The molecule has 0 saturated heterocycles. The average molecular weight is 271 g/mol. The maximum absolute atomic E-state index is 13.4. The molecule has 0 bridgehead atoms. The molecule has 0 aliphatic heterocycles. The van der Waals surface area contributed by atoms with E-state index in [0.29, 0.717) is 12.8 Å². The van der Waals surface area contributed by atoms with E-state index in [-0.39, 0.29) is 18.5 Å². The minimum atomic E-state index is -1.00. The summed E-state index contributed by atoms with van der Waals surface area (Å²) in [6.45, 7) is 3.75. The summed E-state index contributed by atoms with van der Waals surface area (Å²) in [4.78, 5) is 11.6. The lowest BCUT2D eigenvalue weighted by Crippen LogP contribution is -2.42. The molecule has 19 heavy (non-hydrogen) atoms. The average Bonchev–Trinajstić information content (AvgIpc) is 2.41. The second-order valence-electron chi connectivity index (χ2n) is 4.60. The molecule has 0 aromatic heterocycles. The molecule has 0 unspecified atom stereocenters. The van der Waals surface area contributed by atoms with Crippen molar-refractivity contribution in [2.45, 2.75) is 38.7 Å². The summed E-state index contributed by atoms with van der Waals surface area (Å²) in [5, 5.41) is 12.5. The Labute approximate surface area is 111 Å². The summed E-state index contributed by atoms with van der Waals surface area (Å²) < 4.78 is 26.3. The van der Waals surface area contributed by atoms with E-state index in [1.54, 1.807) is 0 Å². The Hall–Kier alpha value is -1.49. The third-order valence-corrected chi connectivity index (χ3v) is 3.31. The zero-order chi connectivity index (χ0) is 14.5. The molecule has 1 aromatic carbocycles. The number of hydrogen-bond acceptors (Lipinski definition) is 2. The first-order chi connectivity index (χ1) is 8.91. The SMILES string of the molecule is CCC(O)(CC)CNC(=O)Cc1cccc(F)c1F. The van der Waals surface area contributed by atoms with Crippen LogP contribution in [0.15, 0.2) is 18.2 Å². The van der Waals surface area contributed by atoms with E-state index >= 15 is 0 Å². The monoisotopic (exact) mass is 271 g/mol. The van der Waals surface area contributed by atoms with Gasteiger partial charge in [0.25, 0.3) is 0 Å². The molecule has 1 aromatic rings. The van der Waals surface area contributed by atoms with Gasteiger partial charge in [0.1, 0.15) is 0 Å². The Morgan fingerprint density at radius 3 is 2.53 bits per heavy atom. The van der Waals surface area contributed by atoms with Crippen molar-refractivity contribution < 1.29 is 18.7 Å². The first kappa shape index (κ1) is 15.6. The second kappa shape index (κ2) is 6.61. The molecule has 0 saturated carbocycles. The molecule has 0 atom stereocenters. The van der Waals surface area contributed by atoms with Crippen molar-refractivity contribution in [2.24, 2.45) is 0 Å². The third kappa shape index (κ3) is 4.28. The van der Waals surface area contributed by atoms with Gasteiger partial charge >= 0.3 is 0 Å². The summed E-state index contributed by atoms with van der Waals surface area (Å²) in [6.07, 6.45) is 0.781. The highest BCUT2D eigenvalue weighted by molar-refractivity contribution is 5.78. The lowest BCUT2D eigenvalue weighted by molar-refractivity contribution is -0.121. The van der Waals surface area contributed by atoms with Crippen molar-refractivity contribution in [3.05, 3.63) is 35.4 Å². The van der Waals surface area contributed by atoms with Crippen LogP contribution in [0.3, 0.4) is 0 Å². The topological polar surface area (TPSA) is 49.3 Å². The number of benzene rings is 1. The van der Waals surface area contributed by atoms with Crippen LogP contribution in [0.5, 0.6) is 0 Å². The molecular formula is C14H19F2NO2. The third-order valence-electron chi connectivity index (χ3n) is 3.31. The molecule has 0 fully saturated rings. The number of halogens is 2. The highest BCUT2D eigenvalue weighted by Gasteiger charge is 2.23. The van der Waals surface area contributed by atoms with Crippen molar-refractivity contribution in [2.75, 3.05) is 6.54 Å². The van der Waals surface area contributed by atoms with Crippen LogP contribution >= 0.6 is 0 Å². The fraction of sp³-hybridized carbons (Fsp3) is 0.500. The van der Waals surface area contributed by atoms with Crippen LogP contribution in [-0.4, -0.2) is 23.2 Å². The van der Waals surface area contributed by atoms with E-state index in [1.165, 1.54) is 12.1 Å². The van der Waals surface area contributed by atoms with Gasteiger partial charge in [0.2, 0.25) is 5.91 Å². The molecule has 2 N–H and O–H groups in total. The number of hydrogen-bond donors (Lipinski definition) is 2. The molecule has 3 nitrogen and oxygen atoms in total. The fourth-order valence-corrected chi connectivity index (χ4v) is 1.68. The summed E-state index contributed by atoms with van der Waals surface area (Å²) in [5.74, 6) is -2.41. The number of aliphatic hydroxyl groups is 1. The van der Waals surface area contributed by atoms with Crippen LogP contribution in [0.25, 0.3) is 0 Å². The second-order valence-corrected chi connectivity index (χ2v) is 4.60. The summed E-state index contributed by atoms with van der Waals surface area (Å²) >= 11 is 0. The molecule has 1 rings (SSSR count). The molecule has 1 amide bonds. The van der Waals surface area contributed by atoms with Gasteiger partial charge in [-0.3, -0.25) is 4.79 Å². The number of nitrogens with one attached hydrogen (secondary N) is 1. The van der Waals surface area contributed by atoms with E-state index in [1.807, 2.05) is 13.8 Å². The zero-order valence-corrected chi connectivity index (χ0v) is 11.2. The zero-order valence-electron chi connectivity index (χ0n) is 11.2. The molecule has 0 radical (unpaired) electrons. The van der Waals surface area contributed by atoms with Gasteiger partial charge in [-0.25, -0.2) is 8.78 Å². The number of carbonyl (C=O) groups excluding carboxylic acids is 1. The fourth-order valence-electron chi connectivity index (χ4n) is 1.68. The molecule has 0 aliphatic carbocycles. The first-order valence-corrected chi connectivity index (χ1v) is 6.34. The molecule has 106 valence electrons. The van der Waals surface area contributed by atoms with Crippen molar-refractivity contribution in [1.82, 2.24) is 5.32 Å². The van der Waals surface area contributed by atoms with Crippen LogP contribution in [0, 0.1) is 11.6 Å². The maximum atomic E-state index is 13.4. The van der Waals surface area contributed by atoms with Gasteiger partial charge in [-0.1, -0.05) is 26.0 Å². The van der Waals surface area contributed by atoms with Gasteiger partial charge in [0.15, 0.2) is 11.6 Å². The normalized spacial score (nSPS) is 11.4. The van der Waals surface area contributed by atoms with Gasteiger partial charge in [0, 0.05) is 12.1 Å². The predicted molar refractivity (Wildman–Crippen MR) is 68.6 cm³/mol. The van der Waals surface area contributed by atoms with Crippen LogP contribution in [0.2, 0.25) is 0 Å². The van der Waals surface area contributed by atoms with E-state index in [4.69, 9.17) is 0 Å². The van der Waals surface area contributed by atoms with E-state index in [0.717, 1.165) is 6.07 Å². The lowest BCUT2D eigenvalue weighted by Gasteiger charge is -2.25. The minimum absolute atomic E-state index is 0.00837. The number of rotatable bonds is 6. The summed E-state index contributed by atoms with van der Waals surface area (Å²) in [6, 6.07) is 3.73. The van der Waals surface area contributed by atoms with Crippen molar-refractivity contribution in [3.63, 3.8) is 0 Å². The highest BCUT2D eigenvalue weighted by Crippen LogP contribution is 2.14. The predicted octanol–water partition coefficient (Wildman–Crippen LogP) is 2.17. The molecule has 5 heteroatoms. The van der Waals surface area contributed by atoms with Gasteiger partial charge in [-0.2, -0.15) is 0 Å².